The Labute approximate surface area is 38.6 Å². The molecule has 0 amide bonds. The molecule has 0 heterocycles. The number of nitriles is 1. The smallest absolute Gasteiger partial charge is 0.0937 e. The van der Waals surface area contributed by atoms with Crippen LogP contribution in [0.1, 0.15) is 13.7 Å². The standard InChI is InChI=1S/C4H5N/c1-4(2)3-5/h1H2,2H3/i1D2,2D3. The molecule has 0 radical (unpaired) electrons. The van der Waals surface area contributed by atoms with E-state index in [2.05, 4.69) is 0 Å². The summed E-state index contributed by atoms with van der Waals surface area (Å²) in [6.45, 7) is -3.56. The Morgan fingerprint density at radius 1 is 2.60 bits per heavy atom. The fourth-order valence-corrected chi connectivity index (χ4v) is 0. The summed E-state index contributed by atoms with van der Waals surface area (Å²) in [5.74, 6) is 0. The highest BCUT2D eigenvalue weighted by molar-refractivity contribution is 5.11. The topological polar surface area (TPSA) is 23.8 Å². The second-order valence-electron chi connectivity index (χ2n) is 0.487. The lowest BCUT2D eigenvalue weighted by Crippen LogP contribution is -1.51. The average Bonchev–Trinajstić information content (AvgIpc) is 1.60. The molecule has 0 saturated heterocycles. The van der Waals surface area contributed by atoms with Crippen molar-refractivity contribution in [3.8, 4) is 6.07 Å². The van der Waals surface area contributed by atoms with E-state index in [1.165, 1.54) is 6.07 Å². The molecule has 0 aliphatic heterocycles. The van der Waals surface area contributed by atoms with E-state index in [0.29, 0.717) is 0 Å². The van der Waals surface area contributed by atoms with Gasteiger partial charge in [-0.15, -0.1) is 0 Å². The van der Waals surface area contributed by atoms with Crippen molar-refractivity contribution in [3.63, 3.8) is 0 Å². The molecule has 0 atom stereocenters. The third-order valence-corrected chi connectivity index (χ3v) is 0.112. The Balaban J connectivity index is 4.78. The van der Waals surface area contributed by atoms with Crippen LogP contribution in [0.5, 0.6) is 0 Å². The van der Waals surface area contributed by atoms with Crippen LogP contribution in [-0.4, -0.2) is 0 Å². The van der Waals surface area contributed by atoms with Gasteiger partial charge in [0, 0.05) is 9.69 Å². The molecule has 0 spiro atoms. The quantitative estimate of drug-likeness (QED) is 0.393. The highest BCUT2D eigenvalue weighted by Gasteiger charge is 1.64. The average molecular weight is 72.1 g/mol. The van der Waals surface area contributed by atoms with Crippen LogP contribution in [0.15, 0.2) is 12.1 Å². The second-order valence-corrected chi connectivity index (χ2v) is 0.487. The van der Waals surface area contributed by atoms with Crippen LogP contribution in [0.4, 0.5) is 0 Å². The first-order valence-electron chi connectivity index (χ1n) is 3.47. The van der Waals surface area contributed by atoms with Gasteiger partial charge in [-0.2, -0.15) is 5.26 Å². The molecule has 0 saturated carbocycles. The van der Waals surface area contributed by atoms with Gasteiger partial charge in [-0.25, -0.2) is 0 Å². The summed E-state index contributed by atoms with van der Waals surface area (Å²) >= 11 is 0. The molecule has 0 bridgehead atoms. The fourth-order valence-electron chi connectivity index (χ4n) is 0. The lowest BCUT2D eigenvalue weighted by Gasteiger charge is -1.61. The molecule has 0 aromatic heterocycles. The van der Waals surface area contributed by atoms with Crippen molar-refractivity contribution in [2.75, 3.05) is 0 Å². The summed E-state index contributed by atoms with van der Waals surface area (Å²) in [5, 5.41) is 8.12. The maximum atomic E-state index is 8.12. The van der Waals surface area contributed by atoms with Crippen molar-refractivity contribution in [1.29, 1.82) is 5.26 Å². The lowest BCUT2D eigenvalue weighted by molar-refractivity contribution is 1.46. The zero-order chi connectivity index (χ0) is 8.36. The minimum Gasteiger partial charge on any atom is -0.193 e. The third-order valence-electron chi connectivity index (χ3n) is 0.112. The van der Waals surface area contributed by atoms with E-state index >= 15 is 0 Å². The van der Waals surface area contributed by atoms with Gasteiger partial charge in [0.1, 0.15) is 0 Å². The minimum atomic E-state index is -2.62. The van der Waals surface area contributed by atoms with Crippen molar-refractivity contribution in [2.45, 2.75) is 6.85 Å². The number of allylic oxidation sites excluding steroid dienone is 1. The van der Waals surface area contributed by atoms with Gasteiger partial charge < -0.3 is 0 Å². The van der Waals surface area contributed by atoms with Crippen LogP contribution in [0.3, 0.4) is 0 Å². The van der Waals surface area contributed by atoms with Crippen LogP contribution in [0.25, 0.3) is 0 Å². The molecule has 0 aromatic rings. The van der Waals surface area contributed by atoms with Gasteiger partial charge in [-0.05, 0) is 6.85 Å². The van der Waals surface area contributed by atoms with Crippen molar-refractivity contribution < 1.29 is 6.85 Å². The predicted molar refractivity (Wildman–Crippen MR) is 20.4 cm³/mol. The van der Waals surface area contributed by atoms with Crippen LogP contribution >= 0.6 is 0 Å². The van der Waals surface area contributed by atoms with Crippen LogP contribution in [-0.2, 0) is 0 Å². The first kappa shape index (κ1) is 0.652. The summed E-state index contributed by atoms with van der Waals surface area (Å²) in [5.41, 5.74) is -0.771. The Hall–Kier alpha value is -0.770. The molecule has 0 rings (SSSR count). The maximum Gasteiger partial charge on any atom is 0.0937 e. The maximum absolute atomic E-state index is 8.12. The van der Waals surface area contributed by atoms with E-state index in [-0.39, 0.29) is 0 Å². The number of hydrogen-bond donors (Lipinski definition) is 0. The Morgan fingerprint density at radius 3 is 3.40 bits per heavy atom. The predicted octanol–water partition coefficient (Wildman–Crippen LogP) is 1.09. The summed E-state index contributed by atoms with van der Waals surface area (Å²) < 4.78 is 33.0. The summed E-state index contributed by atoms with van der Waals surface area (Å²) in [7, 11) is 0. The lowest BCUT2D eigenvalue weighted by atomic mass is 10.4. The van der Waals surface area contributed by atoms with E-state index in [1.807, 2.05) is 0 Å². The van der Waals surface area contributed by atoms with E-state index in [4.69, 9.17) is 12.1 Å². The molecule has 1 heteroatoms. The first-order chi connectivity index (χ1) is 4.39. The monoisotopic (exact) mass is 72.1 g/mol. The van der Waals surface area contributed by atoms with Crippen molar-refractivity contribution in [2.24, 2.45) is 0 Å². The Kier molecular flexibility index (Phi) is 0.201. The van der Waals surface area contributed by atoms with E-state index in [9.17, 15) is 0 Å². The SMILES string of the molecule is [2H]C([2H])=C(C#N)C([2H])([2H])[2H]. The summed E-state index contributed by atoms with van der Waals surface area (Å²) in [6, 6.07) is 1.28. The molecule has 0 unspecified atom stereocenters. The molecule has 5 heavy (non-hydrogen) atoms. The molecular formula is C4H5N. The molecule has 0 aliphatic rings. The molecular weight excluding hydrogens is 62.1 g/mol. The molecule has 0 aliphatic carbocycles. The highest BCUT2D eigenvalue weighted by atomic mass is 14.2. The Morgan fingerprint density at radius 2 is 3.40 bits per heavy atom. The fraction of sp³-hybridized carbons (Fsp3) is 0.250. The molecule has 0 aromatic carbocycles. The van der Waals surface area contributed by atoms with Gasteiger partial charge in [0.25, 0.3) is 0 Å². The highest BCUT2D eigenvalue weighted by Crippen LogP contribution is 1.74. The van der Waals surface area contributed by atoms with Crippen molar-refractivity contribution in [1.82, 2.24) is 0 Å². The van der Waals surface area contributed by atoms with Gasteiger partial charge in [-0.1, -0.05) is 6.53 Å². The normalized spacial score (nSPS) is 21.8. The van der Waals surface area contributed by atoms with E-state index < -0.39 is 19.0 Å². The van der Waals surface area contributed by atoms with Crippen LogP contribution < -0.4 is 0 Å². The molecule has 1 nitrogen and oxygen atoms in total. The second kappa shape index (κ2) is 1.54. The largest absolute Gasteiger partial charge is 0.193 e. The van der Waals surface area contributed by atoms with E-state index in [1.54, 1.807) is 0 Å². The van der Waals surface area contributed by atoms with Gasteiger partial charge in [0.2, 0.25) is 0 Å². The minimum absolute atomic E-state index is 0.771. The van der Waals surface area contributed by atoms with Gasteiger partial charge >= 0.3 is 0 Å². The van der Waals surface area contributed by atoms with Crippen LogP contribution in [0.2, 0.25) is 0 Å². The van der Waals surface area contributed by atoms with Gasteiger partial charge in [0.15, 0.2) is 0 Å². The van der Waals surface area contributed by atoms with Crippen molar-refractivity contribution >= 4 is 0 Å². The molecule has 0 fully saturated rings. The zero-order valence-electron chi connectivity index (χ0n) is 7.45. The number of rotatable bonds is 0. The van der Waals surface area contributed by atoms with Crippen molar-refractivity contribution in [3.05, 3.63) is 12.1 Å². The number of nitrogens with zero attached hydrogens (tertiary/aromatic N) is 1. The molecule has 0 N–H and O–H groups in total. The van der Waals surface area contributed by atoms with Crippen LogP contribution in [0, 0.1) is 11.3 Å². The zero-order valence-corrected chi connectivity index (χ0v) is 2.45. The Bertz CT molecular complexity index is 191. The molecule has 26 valence electrons. The third kappa shape index (κ3) is 3.23. The first-order valence-corrected chi connectivity index (χ1v) is 0.974. The number of hydrogen-bond acceptors (Lipinski definition) is 1. The van der Waals surface area contributed by atoms with Gasteiger partial charge in [-0.3, -0.25) is 0 Å². The van der Waals surface area contributed by atoms with Gasteiger partial charge in [0.05, 0.1) is 8.81 Å². The summed E-state index contributed by atoms with van der Waals surface area (Å²) in [4.78, 5) is 0. The van der Waals surface area contributed by atoms with E-state index in [0.717, 1.165) is 0 Å². The summed E-state index contributed by atoms with van der Waals surface area (Å²) in [6.07, 6.45) is 0.